The number of unbranched alkanes of at least 4 members (excludes halogenated alkanes) is 1. The van der Waals surface area contributed by atoms with Crippen LogP contribution in [0.15, 0.2) is 24.8 Å². The first kappa shape index (κ1) is 18.7. The smallest absolute Gasteiger partial charge is 0.308 e. The molecule has 1 saturated heterocycles. The Labute approximate surface area is 149 Å². The number of nitrogens with zero attached hydrogens (tertiary/aromatic N) is 4. The molecule has 24 heavy (non-hydrogen) atoms. The minimum atomic E-state index is 0.0717. The summed E-state index contributed by atoms with van der Waals surface area (Å²) in [6.45, 7) is 12.8. The van der Waals surface area contributed by atoms with Gasteiger partial charge in [-0.15, -0.1) is 6.58 Å². The maximum atomic E-state index is 12.9. The maximum absolute atomic E-state index is 12.9. The van der Waals surface area contributed by atoms with Gasteiger partial charge in [-0.25, -0.2) is 4.79 Å². The van der Waals surface area contributed by atoms with Crippen LogP contribution in [0.3, 0.4) is 0 Å². The molecule has 0 bridgehead atoms. The quantitative estimate of drug-likeness (QED) is 0.526. The molecule has 0 spiro atoms. The Kier molecular flexibility index (Phi) is 6.99. The number of anilines is 1. The highest BCUT2D eigenvalue weighted by Gasteiger charge is 2.32. The van der Waals surface area contributed by atoms with E-state index < -0.39 is 0 Å². The molecule has 0 saturated carbocycles. The molecular formula is C18H28N4OS. The number of aryl methyl sites for hydroxylation is 1. The van der Waals surface area contributed by atoms with Crippen LogP contribution < -0.4 is 4.90 Å². The first-order valence-corrected chi connectivity index (χ1v) is 9.35. The number of amides is 2. The van der Waals surface area contributed by atoms with Crippen LogP contribution >= 0.6 is 11.5 Å². The SMILES string of the molecule is C=CCCCN1CN(C/C=C/C)C(=O)N(c2snc(CC)c2C)C1. The third-order valence-electron chi connectivity index (χ3n) is 4.23. The molecule has 1 aliphatic heterocycles. The summed E-state index contributed by atoms with van der Waals surface area (Å²) in [5.74, 6) is 0. The number of allylic oxidation sites excluding steroid dienone is 2. The average Bonchev–Trinajstić information content (AvgIpc) is 2.95. The Balaban J connectivity index is 2.20. The van der Waals surface area contributed by atoms with E-state index in [0.717, 1.165) is 42.1 Å². The number of rotatable bonds is 8. The molecule has 0 aromatic carbocycles. The molecular weight excluding hydrogens is 320 g/mol. The highest BCUT2D eigenvalue weighted by molar-refractivity contribution is 7.10. The summed E-state index contributed by atoms with van der Waals surface area (Å²) in [7, 11) is 0. The van der Waals surface area contributed by atoms with E-state index in [1.165, 1.54) is 11.5 Å². The Hall–Kier alpha value is -1.66. The number of aromatic nitrogens is 1. The van der Waals surface area contributed by atoms with Gasteiger partial charge in [0.05, 0.1) is 19.0 Å². The highest BCUT2D eigenvalue weighted by atomic mass is 32.1. The van der Waals surface area contributed by atoms with Gasteiger partial charge in [0.2, 0.25) is 0 Å². The van der Waals surface area contributed by atoms with E-state index >= 15 is 0 Å². The lowest BCUT2D eigenvalue weighted by atomic mass is 10.2. The largest absolute Gasteiger partial charge is 0.327 e. The van der Waals surface area contributed by atoms with Crippen molar-refractivity contribution >= 4 is 22.6 Å². The Morgan fingerprint density at radius 3 is 2.79 bits per heavy atom. The summed E-state index contributed by atoms with van der Waals surface area (Å²) in [5, 5.41) is 0.982. The fourth-order valence-electron chi connectivity index (χ4n) is 2.84. The lowest BCUT2D eigenvalue weighted by molar-refractivity contribution is 0.121. The van der Waals surface area contributed by atoms with Crippen molar-refractivity contribution in [1.82, 2.24) is 14.2 Å². The lowest BCUT2D eigenvalue weighted by Crippen LogP contribution is -2.58. The summed E-state index contributed by atoms with van der Waals surface area (Å²) in [6, 6.07) is 0.0717. The van der Waals surface area contributed by atoms with Crippen molar-refractivity contribution in [3.63, 3.8) is 0 Å². The zero-order chi connectivity index (χ0) is 17.5. The van der Waals surface area contributed by atoms with E-state index in [-0.39, 0.29) is 6.03 Å². The molecule has 1 fully saturated rings. The van der Waals surface area contributed by atoms with Crippen LogP contribution in [0, 0.1) is 6.92 Å². The van der Waals surface area contributed by atoms with Crippen LogP contribution in [0.25, 0.3) is 0 Å². The van der Waals surface area contributed by atoms with E-state index in [1.807, 2.05) is 35.0 Å². The van der Waals surface area contributed by atoms with E-state index in [1.54, 1.807) is 0 Å². The predicted molar refractivity (Wildman–Crippen MR) is 101 cm³/mol. The summed E-state index contributed by atoms with van der Waals surface area (Å²) in [6.07, 6.45) is 8.92. The van der Waals surface area contributed by atoms with Crippen LogP contribution in [-0.4, -0.2) is 46.6 Å². The molecule has 1 aliphatic rings. The monoisotopic (exact) mass is 348 g/mol. The van der Waals surface area contributed by atoms with E-state index in [2.05, 4.69) is 29.7 Å². The van der Waals surface area contributed by atoms with Crippen molar-refractivity contribution in [2.75, 3.05) is 31.3 Å². The zero-order valence-corrected chi connectivity index (χ0v) is 15.8. The van der Waals surface area contributed by atoms with Gasteiger partial charge in [0.15, 0.2) is 0 Å². The van der Waals surface area contributed by atoms with Crippen molar-refractivity contribution in [3.05, 3.63) is 36.1 Å². The Morgan fingerprint density at radius 1 is 1.38 bits per heavy atom. The van der Waals surface area contributed by atoms with Crippen LogP contribution in [0.2, 0.25) is 0 Å². The number of carbonyl (C=O) groups excluding carboxylic acids is 1. The average molecular weight is 349 g/mol. The number of carbonyl (C=O) groups is 1. The molecule has 0 radical (unpaired) electrons. The molecule has 1 aromatic heterocycles. The fraction of sp³-hybridized carbons (Fsp3) is 0.556. The number of hydrogen-bond acceptors (Lipinski definition) is 4. The van der Waals surface area contributed by atoms with Crippen molar-refractivity contribution in [3.8, 4) is 0 Å². The topological polar surface area (TPSA) is 39.7 Å². The molecule has 2 amide bonds. The summed E-state index contributed by atoms with van der Waals surface area (Å²) < 4.78 is 4.52. The third kappa shape index (κ3) is 4.24. The highest BCUT2D eigenvalue weighted by Crippen LogP contribution is 2.31. The van der Waals surface area contributed by atoms with Crippen LogP contribution in [0.5, 0.6) is 0 Å². The molecule has 0 unspecified atom stereocenters. The first-order valence-electron chi connectivity index (χ1n) is 8.58. The van der Waals surface area contributed by atoms with Gasteiger partial charge < -0.3 is 4.90 Å². The van der Waals surface area contributed by atoms with E-state index in [0.29, 0.717) is 19.9 Å². The normalized spacial score (nSPS) is 16.4. The molecule has 2 rings (SSSR count). The molecule has 0 N–H and O–H groups in total. The second kappa shape index (κ2) is 8.99. The van der Waals surface area contributed by atoms with Crippen molar-refractivity contribution < 1.29 is 4.79 Å². The molecule has 0 aliphatic carbocycles. The lowest BCUT2D eigenvalue weighted by Gasteiger charge is -2.41. The van der Waals surface area contributed by atoms with Crippen LogP contribution in [-0.2, 0) is 6.42 Å². The Morgan fingerprint density at radius 2 is 2.17 bits per heavy atom. The minimum absolute atomic E-state index is 0.0717. The minimum Gasteiger partial charge on any atom is -0.308 e. The second-order valence-electron chi connectivity index (χ2n) is 6.02. The van der Waals surface area contributed by atoms with Gasteiger partial charge in [-0.2, -0.15) is 4.37 Å². The van der Waals surface area contributed by atoms with E-state index in [9.17, 15) is 4.79 Å². The van der Waals surface area contributed by atoms with Crippen molar-refractivity contribution in [2.45, 2.75) is 40.0 Å². The molecule has 0 atom stereocenters. The van der Waals surface area contributed by atoms with Gasteiger partial charge >= 0.3 is 6.03 Å². The van der Waals surface area contributed by atoms with Crippen molar-refractivity contribution in [2.24, 2.45) is 0 Å². The van der Waals surface area contributed by atoms with Crippen molar-refractivity contribution in [1.29, 1.82) is 0 Å². The zero-order valence-electron chi connectivity index (χ0n) is 15.0. The standard InChI is InChI=1S/C18H28N4OS/c1-5-8-10-11-20-13-21(12-9-6-2)18(23)22(14-20)17-15(4)16(7-3)19-24-17/h5-6,9H,1,7-8,10-14H2,2-4H3/b9-6+. The maximum Gasteiger partial charge on any atom is 0.327 e. The van der Waals surface area contributed by atoms with E-state index in [4.69, 9.17) is 0 Å². The van der Waals surface area contributed by atoms with Gasteiger partial charge in [0.1, 0.15) is 5.00 Å². The van der Waals surface area contributed by atoms with Gasteiger partial charge in [-0.1, -0.05) is 25.2 Å². The van der Waals surface area contributed by atoms with Gasteiger partial charge in [0, 0.05) is 18.7 Å². The summed E-state index contributed by atoms with van der Waals surface area (Å²) >= 11 is 1.43. The molecule has 5 nitrogen and oxygen atoms in total. The van der Waals surface area contributed by atoms with Crippen LogP contribution in [0.4, 0.5) is 9.80 Å². The third-order valence-corrected chi connectivity index (χ3v) is 5.24. The molecule has 2 heterocycles. The Bertz CT molecular complexity index is 596. The molecule has 1 aromatic rings. The fourth-order valence-corrected chi connectivity index (χ4v) is 3.79. The van der Waals surface area contributed by atoms with Gasteiger partial charge in [-0.3, -0.25) is 9.80 Å². The number of hydrogen-bond donors (Lipinski definition) is 0. The summed E-state index contributed by atoms with van der Waals surface area (Å²) in [4.78, 5) is 19.0. The number of urea groups is 1. The molecule has 132 valence electrons. The predicted octanol–water partition coefficient (Wildman–Crippen LogP) is 4.02. The molecule has 6 heteroatoms. The first-order chi connectivity index (χ1) is 11.6. The second-order valence-corrected chi connectivity index (χ2v) is 6.78. The van der Waals surface area contributed by atoms with Gasteiger partial charge in [-0.05, 0) is 44.6 Å². The summed E-state index contributed by atoms with van der Waals surface area (Å²) in [5.41, 5.74) is 2.22. The van der Waals surface area contributed by atoms with Crippen LogP contribution in [0.1, 0.15) is 37.9 Å². The van der Waals surface area contributed by atoms with Gasteiger partial charge in [0.25, 0.3) is 0 Å².